The van der Waals surface area contributed by atoms with Gasteiger partial charge in [-0.2, -0.15) is 0 Å². The summed E-state index contributed by atoms with van der Waals surface area (Å²) in [5, 5.41) is 7.61. The van der Waals surface area contributed by atoms with Crippen molar-refractivity contribution in [2.45, 2.75) is 32.7 Å². The van der Waals surface area contributed by atoms with Crippen LogP contribution in [-0.2, 0) is 23.0 Å². The van der Waals surface area contributed by atoms with Crippen LogP contribution in [0.15, 0.2) is 35.7 Å². The summed E-state index contributed by atoms with van der Waals surface area (Å²) >= 11 is 1.59. The van der Waals surface area contributed by atoms with Gasteiger partial charge in [0, 0.05) is 17.1 Å². The lowest BCUT2D eigenvalue weighted by Crippen LogP contribution is -2.37. The largest absolute Gasteiger partial charge is 0.333 e. The van der Waals surface area contributed by atoms with Crippen LogP contribution < -0.4 is 14.9 Å². The molecule has 2 N–H and O–H groups in total. The number of nitrogens with one attached hydrogen (secondary N) is 2. The van der Waals surface area contributed by atoms with E-state index in [1.54, 1.807) is 23.5 Å². The third kappa shape index (κ3) is 4.37. The molecule has 1 aliphatic heterocycles. The summed E-state index contributed by atoms with van der Waals surface area (Å²) in [4.78, 5) is 13.1. The number of nitrogens with zero attached hydrogens (tertiary/aromatic N) is 1. The molecule has 0 saturated carbocycles. The van der Waals surface area contributed by atoms with Gasteiger partial charge in [-0.15, -0.1) is 11.3 Å². The highest BCUT2D eigenvalue weighted by atomic mass is 32.2. The number of rotatable bonds is 6. The molecule has 26 heavy (non-hydrogen) atoms. The summed E-state index contributed by atoms with van der Waals surface area (Å²) in [6, 6.07) is 9.05. The summed E-state index contributed by atoms with van der Waals surface area (Å²) in [6.07, 6.45) is 2.18. The van der Waals surface area contributed by atoms with Crippen LogP contribution in [0.2, 0.25) is 0 Å². The average Bonchev–Trinajstić information content (AvgIpc) is 3.13. The van der Waals surface area contributed by atoms with Crippen LogP contribution in [0.5, 0.6) is 0 Å². The van der Waals surface area contributed by atoms with E-state index < -0.39 is 10.0 Å². The van der Waals surface area contributed by atoms with Crippen LogP contribution in [-0.4, -0.2) is 26.7 Å². The first-order valence-corrected chi connectivity index (χ1v) is 11.2. The van der Waals surface area contributed by atoms with Crippen molar-refractivity contribution < 1.29 is 13.2 Å². The Bertz CT molecular complexity index is 864. The summed E-state index contributed by atoms with van der Waals surface area (Å²) in [5.74, 6) is 0.150. The van der Waals surface area contributed by atoms with Crippen molar-refractivity contribution in [1.82, 2.24) is 5.32 Å². The predicted molar refractivity (Wildman–Crippen MR) is 106 cm³/mol. The third-order valence-electron chi connectivity index (χ3n) is 4.21. The smallest absolute Gasteiger partial charge is 0.319 e. The molecule has 8 heteroatoms. The van der Waals surface area contributed by atoms with E-state index in [9.17, 15) is 13.2 Å². The van der Waals surface area contributed by atoms with Gasteiger partial charge in [-0.05, 0) is 54.5 Å². The fourth-order valence-corrected chi connectivity index (χ4v) is 5.32. The van der Waals surface area contributed by atoms with Crippen LogP contribution in [0.3, 0.4) is 0 Å². The number of fused-ring (bicyclic) bond motifs is 1. The van der Waals surface area contributed by atoms with Crippen molar-refractivity contribution in [3.8, 4) is 0 Å². The monoisotopic (exact) mass is 393 g/mol. The standard InChI is InChI=1S/C18H23N3O3S2/c1-2-11-26(23,24)21-9-3-5-14-12-15(7-8-17(14)21)20-18(22)19-13-16-6-4-10-25-16/h4,6-8,10,12H,2-3,5,9,11,13H2,1H3,(H2,19,20,22). The zero-order valence-corrected chi connectivity index (χ0v) is 16.3. The molecule has 0 bridgehead atoms. The quantitative estimate of drug-likeness (QED) is 0.788. The van der Waals surface area contributed by atoms with E-state index in [4.69, 9.17) is 0 Å². The van der Waals surface area contributed by atoms with Crippen molar-refractivity contribution in [1.29, 1.82) is 0 Å². The summed E-state index contributed by atoms with van der Waals surface area (Å²) in [6.45, 7) is 2.87. The number of anilines is 2. The molecule has 1 aromatic carbocycles. The number of amides is 2. The molecular formula is C18H23N3O3S2. The van der Waals surface area contributed by atoms with Crippen molar-refractivity contribution in [3.05, 3.63) is 46.2 Å². The third-order valence-corrected chi connectivity index (χ3v) is 7.07. The molecule has 2 amide bonds. The van der Waals surface area contributed by atoms with Gasteiger partial charge in [-0.1, -0.05) is 13.0 Å². The molecule has 1 aliphatic rings. The number of urea groups is 1. The minimum Gasteiger partial charge on any atom is -0.333 e. The summed E-state index contributed by atoms with van der Waals surface area (Å²) in [7, 11) is -3.28. The number of aryl methyl sites for hydroxylation is 1. The van der Waals surface area contributed by atoms with Gasteiger partial charge in [0.1, 0.15) is 0 Å². The molecule has 0 radical (unpaired) electrons. The second-order valence-corrected chi connectivity index (χ2v) is 9.27. The molecule has 0 spiro atoms. The fraction of sp³-hybridized carbons (Fsp3) is 0.389. The van der Waals surface area contributed by atoms with Crippen molar-refractivity contribution in [3.63, 3.8) is 0 Å². The normalized spacial score (nSPS) is 14.0. The summed E-state index contributed by atoms with van der Waals surface area (Å²) < 4.78 is 26.4. The molecule has 2 aromatic rings. The van der Waals surface area contributed by atoms with Crippen molar-refractivity contribution >= 4 is 38.8 Å². The predicted octanol–water partition coefficient (Wildman–Crippen LogP) is 3.56. The van der Waals surface area contributed by atoms with Gasteiger partial charge in [0.2, 0.25) is 10.0 Å². The van der Waals surface area contributed by atoms with E-state index in [2.05, 4.69) is 10.6 Å². The van der Waals surface area contributed by atoms with E-state index >= 15 is 0 Å². The minimum absolute atomic E-state index is 0.150. The zero-order chi connectivity index (χ0) is 18.6. The number of carbonyl (C=O) groups is 1. The van der Waals surface area contributed by atoms with Crippen molar-refractivity contribution in [2.24, 2.45) is 0 Å². The Morgan fingerprint density at radius 1 is 1.31 bits per heavy atom. The molecule has 6 nitrogen and oxygen atoms in total. The zero-order valence-electron chi connectivity index (χ0n) is 14.7. The highest BCUT2D eigenvalue weighted by Crippen LogP contribution is 2.32. The van der Waals surface area contributed by atoms with E-state index in [0.717, 1.165) is 29.0 Å². The van der Waals surface area contributed by atoms with Crippen LogP contribution in [0.1, 0.15) is 30.2 Å². The van der Waals surface area contributed by atoms with E-state index in [0.29, 0.717) is 25.2 Å². The highest BCUT2D eigenvalue weighted by Gasteiger charge is 2.26. The molecule has 0 saturated heterocycles. The fourth-order valence-electron chi connectivity index (χ4n) is 3.05. The Hall–Kier alpha value is -2.06. The first-order chi connectivity index (χ1) is 12.5. The molecule has 3 rings (SSSR count). The lowest BCUT2D eigenvalue weighted by Gasteiger charge is -2.30. The molecule has 0 atom stereocenters. The van der Waals surface area contributed by atoms with Gasteiger partial charge in [0.25, 0.3) is 0 Å². The Labute approximate surface area is 158 Å². The maximum Gasteiger partial charge on any atom is 0.319 e. The number of benzene rings is 1. The molecule has 1 aromatic heterocycles. The van der Waals surface area contributed by atoms with Gasteiger partial charge in [0.05, 0.1) is 18.0 Å². The maximum atomic E-state index is 12.5. The Morgan fingerprint density at radius 2 is 2.15 bits per heavy atom. The minimum atomic E-state index is -3.28. The topological polar surface area (TPSA) is 78.5 Å². The number of hydrogen-bond donors (Lipinski definition) is 2. The van der Waals surface area contributed by atoms with Gasteiger partial charge >= 0.3 is 6.03 Å². The first-order valence-electron chi connectivity index (χ1n) is 8.70. The molecular weight excluding hydrogens is 370 g/mol. The first kappa shape index (κ1) is 18.7. The lowest BCUT2D eigenvalue weighted by atomic mass is 10.0. The van der Waals surface area contributed by atoms with E-state index in [-0.39, 0.29) is 11.8 Å². The molecule has 0 aliphatic carbocycles. The molecule has 0 fully saturated rings. The number of carbonyl (C=O) groups excluding carboxylic acids is 1. The van der Waals surface area contributed by atoms with Gasteiger partial charge < -0.3 is 10.6 Å². The number of sulfonamides is 1. The Kier molecular flexibility index (Phi) is 5.83. The Morgan fingerprint density at radius 3 is 2.88 bits per heavy atom. The highest BCUT2D eigenvalue weighted by molar-refractivity contribution is 7.92. The van der Waals surface area contributed by atoms with E-state index in [1.165, 1.54) is 4.31 Å². The van der Waals surface area contributed by atoms with Gasteiger partial charge in [-0.3, -0.25) is 4.31 Å². The average molecular weight is 394 g/mol. The molecule has 0 unspecified atom stereocenters. The van der Waals surface area contributed by atoms with Gasteiger partial charge in [-0.25, -0.2) is 13.2 Å². The molecule has 140 valence electrons. The second-order valence-electron chi connectivity index (χ2n) is 6.22. The van der Waals surface area contributed by atoms with Gasteiger partial charge in [0.15, 0.2) is 0 Å². The Balaban J connectivity index is 1.69. The summed E-state index contributed by atoms with van der Waals surface area (Å²) in [5.41, 5.74) is 2.35. The second kappa shape index (κ2) is 8.09. The number of thiophene rings is 1. The lowest BCUT2D eigenvalue weighted by molar-refractivity contribution is 0.252. The SMILES string of the molecule is CCCS(=O)(=O)N1CCCc2cc(NC(=O)NCc3cccs3)ccc21. The van der Waals surface area contributed by atoms with Crippen LogP contribution >= 0.6 is 11.3 Å². The maximum absolute atomic E-state index is 12.5. The van der Waals surface area contributed by atoms with E-state index in [1.807, 2.05) is 30.5 Å². The van der Waals surface area contributed by atoms with Crippen molar-refractivity contribution in [2.75, 3.05) is 21.9 Å². The molecule has 2 heterocycles. The number of hydrogen-bond acceptors (Lipinski definition) is 4. The van der Waals surface area contributed by atoms with Crippen LogP contribution in [0.25, 0.3) is 0 Å². The van der Waals surface area contributed by atoms with Crippen LogP contribution in [0.4, 0.5) is 16.2 Å². The van der Waals surface area contributed by atoms with Crippen LogP contribution in [0, 0.1) is 0 Å².